The Morgan fingerprint density at radius 2 is 1.33 bits per heavy atom. The first kappa shape index (κ1) is 8.81. The van der Waals surface area contributed by atoms with Gasteiger partial charge in [-0.1, -0.05) is 20.8 Å². The van der Waals surface area contributed by atoms with E-state index in [-0.39, 0.29) is 5.16 Å². The smallest absolute Gasteiger partial charge is 0.0985 e. The van der Waals surface area contributed by atoms with E-state index in [2.05, 4.69) is 20.8 Å². The molecule has 0 heterocycles. The van der Waals surface area contributed by atoms with Crippen LogP contribution in [-0.4, -0.2) is 16.5 Å². The number of hydrogen-bond acceptors (Lipinski definition) is 1. The normalized spacial score (nSPS) is 25.9. The summed E-state index contributed by atoms with van der Waals surface area (Å²) in [5.74, 6) is 0. The van der Waals surface area contributed by atoms with Gasteiger partial charge in [-0.2, -0.15) is 0 Å². The van der Waals surface area contributed by atoms with Crippen molar-refractivity contribution < 1.29 is 4.57 Å². The quantitative estimate of drug-likeness (QED) is 0.603. The fourth-order valence-corrected chi connectivity index (χ4v) is 6.93. The average Bonchev–Trinajstić information content (AvgIpc) is 2.79. The van der Waals surface area contributed by atoms with Crippen LogP contribution in [0.1, 0.15) is 46.5 Å². The second-order valence-electron chi connectivity index (χ2n) is 5.34. The SMILES string of the molecule is CC(C)(C)P(=O)(C1CC1)C1CC1. The van der Waals surface area contributed by atoms with E-state index in [1.807, 2.05) is 0 Å². The van der Waals surface area contributed by atoms with E-state index in [4.69, 9.17) is 0 Å². The zero-order chi connectivity index (χ0) is 8.98. The van der Waals surface area contributed by atoms with Crippen LogP contribution in [0.5, 0.6) is 0 Å². The molecule has 12 heavy (non-hydrogen) atoms. The number of rotatable bonds is 2. The first-order chi connectivity index (χ1) is 5.46. The first-order valence-electron chi connectivity index (χ1n) is 5.06. The van der Waals surface area contributed by atoms with E-state index in [9.17, 15) is 4.57 Å². The van der Waals surface area contributed by atoms with E-state index >= 15 is 0 Å². The lowest BCUT2D eigenvalue weighted by atomic mass is 10.3. The molecular formula is C10H19OP. The minimum absolute atomic E-state index is 0.0787. The summed E-state index contributed by atoms with van der Waals surface area (Å²) in [4.78, 5) is 0. The Morgan fingerprint density at radius 1 is 1.00 bits per heavy atom. The van der Waals surface area contributed by atoms with Crippen molar-refractivity contribution in [3.63, 3.8) is 0 Å². The molecule has 1 nitrogen and oxygen atoms in total. The van der Waals surface area contributed by atoms with Crippen LogP contribution < -0.4 is 0 Å². The van der Waals surface area contributed by atoms with Crippen molar-refractivity contribution in [1.82, 2.24) is 0 Å². The molecule has 0 saturated heterocycles. The van der Waals surface area contributed by atoms with Crippen LogP contribution in [0, 0.1) is 0 Å². The van der Waals surface area contributed by atoms with E-state index < -0.39 is 7.14 Å². The minimum Gasteiger partial charge on any atom is -0.322 e. The Hall–Kier alpha value is 0.230. The lowest BCUT2D eigenvalue weighted by molar-refractivity contribution is 0.545. The van der Waals surface area contributed by atoms with Gasteiger partial charge in [0.2, 0.25) is 0 Å². The van der Waals surface area contributed by atoms with E-state index in [1.165, 1.54) is 25.7 Å². The molecule has 0 N–H and O–H groups in total. The zero-order valence-corrected chi connectivity index (χ0v) is 9.23. The van der Waals surface area contributed by atoms with Gasteiger partial charge in [0.15, 0.2) is 0 Å². The van der Waals surface area contributed by atoms with Crippen LogP contribution in [0.2, 0.25) is 0 Å². The average molecular weight is 186 g/mol. The van der Waals surface area contributed by atoms with E-state index in [0.717, 1.165) is 0 Å². The third-order valence-electron chi connectivity index (χ3n) is 3.23. The summed E-state index contributed by atoms with van der Waals surface area (Å²) in [6, 6.07) is 0. The molecule has 2 aliphatic carbocycles. The highest BCUT2D eigenvalue weighted by Crippen LogP contribution is 2.76. The predicted molar refractivity (Wildman–Crippen MR) is 53.4 cm³/mol. The Labute approximate surface area is 75.3 Å². The Balaban J connectivity index is 2.26. The van der Waals surface area contributed by atoms with Gasteiger partial charge < -0.3 is 4.57 Å². The third-order valence-corrected chi connectivity index (χ3v) is 8.53. The maximum absolute atomic E-state index is 12.8. The molecule has 0 aromatic heterocycles. The first-order valence-corrected chi connectivity index (χ1v) is 6.90. The van der Waals surface area contributed by atoms with Crippen molar-refractivity contribution in [3.05, 3.63) is 0 Å². The van der Waals surface area contributed by atoms with Gasteiger partial charge in [0.25, 0.3) is 0 Å². The van der Waals surface area contributed by atoms with Crippen molar-refractivity contribution in [3.8, 4) is 0 Å². The molecule has 2 fully saturated rings. The Bertz CT molecular complexity index is 215. The monoisotopic (exact) mass is 186 g/mol. The largest absolute Gasteiger partial charge is 0.322 e. The van der Waals surface area contributed by atoms with Crippen molar-refractivity contribution in [1.29, 1.82) is 0 Å². The van der Waals surface area contributed by atoms with Gasteiger partial charge in [-0.25, -0.2) is 0 Å². The molecule has 0 bridgehead atoms. The van der Waals surface area contributed by atoms with Crippen LogP contribution in [-0.2, 0) is 4.57 Å². The lowest BCUT2D eigenvalue weighted by Crippen LogP contribution is -2.20. The molecule has 0 aliphatic heterocycles. The van der Waals surface area contributed by atoms with Crippen LogP contribution >= 0.6 is 7.14 Å². The van der Waals surface area contributed by atoms with Gasteiger partial charge in [-0.3, -0.25) is 0 Å². The standard InChI is InChI=1S/C10H19OP/c1-10(2,3)12(11,8-4-5-8)9-6-7-9/h8-9H,4-7H2,1-3H3. The summed E-state index contributed by atoms with van der Waals surface area (Å²) in [6.45, 7) is 6.51. The fraction of sp³-hybridized carbons (Fsp3) is 1.00. The number of hydrogen-bond donors (Lipinski definition) is 0. The van der Waals surface area contributed by atoms with Gasteiger partial charge >= 0.3 is 0 Å². The molecule has 2 heteroatoms. The molecule has 0 aromatic carbocycles. The molecule has 0 spiro atoms. The molecular weight excluding hydrogens is 167 g/mol. The van der Waals surface area contributed by atoms with Crippen LogP contribution in [0.3, 0.4) is 0 Å². The second-order valence-corrected chi connectivity index (χ2v) is 9.56. The molecule has 2 aliphatic rings. The highest BCUT2D eigenvalue weighted by atomic mass is 31.2. The van der Waals surface area contributed by atoms with Gasteiger partial charge in [0.1, 0.15) is 0 Å². The summed E-state index contributed by atoms with van der Waals surface area (Å²) < 4.78 is 12.8. The summed E-state index contributed by atoms with van der Waals surface area (Å²) in [5, 5.41) is 0.0787. The summed E-state index contributed by atoms with van der Waals surface area (Å²) >= 11 is 0. The summed E-state index contributed by atoms with van der Waals surface area (Å²) in [7, 11) is -1.82. The topological polar surface area (TPSA) is 17.1 Å². The third kappa shape index (κ3) is 1.18. The minimum atomic E-state index is -1.82. The van der Waals surface area contributed by atoms with Gasteiger partial charge in [0, 0.05) is 16.5 Å². The second kappa shape index (κ2) is 2.38. The van der Waals surface area contributed by atoms with Gasteiger partial charge in [-0.15, -0.1) is 0 Å². The molecule has 0 unspecified atom stereocenters. The van der Waals surface area contributed by atoms with Gasteiger partial charge in [-0.05, 0) is 25.7 Å². The molecule has 0 amide bonds. The molecule has 2 rings (SSSR count). The van der Waals surface area contributed by atoms with Crippen LogP contribution in [0.4, 0.5) is 0 Å². The van der Waals surface area contributed by atoms with Crippen molar-refractivity contribution in [2.45, 2.75) is 62.9 Å². The maximum Gasteiger partial charge on any atom is 0.0985 e. The van der Waals surface area contributed by atoms with Crippen LogP contribution in [0.15, 0.2) is 0 Å². The van der Waals surface area contributed by atoms with Crippen molar-refractivity contribution in [2.24, 2.45) is 0 Å². The Morgan fingerprint density at radius 3 is 1.50 bits per heavy atom. The zero-order valence-electron chi connectivity index (χ0n) is 8.34. The molecule has 0 atom stereocenters. The fourth-order valence-electron chi connectivity index (χ4n) is 2.31. The van der Waals surface area contributed by atoms with Gasteiger partial charge in [0.05, 0.1) is 7.14 Å². The Kier molecular flexibility index (Phi) is 1.75. The van der Waals surface area contributed by atoms with Crippen molar-refractivity contribution in [2.75, 3.05) is 0 Å². The molecule has 0 aromatic rings. The van der Waals surface area contributed by atoms with E-state index in [0.29, 0.717) is 11.3 Å². The molecule has 0 radical (unpaired) electrons. The van der Waals surface area contributed by atoms with Crippen LogP contribution in [0.25, 0.3) is 0 Å². The highest BCUT2D eigenvalue weighted by Gasteiger charge is 2.56. The summed E-state index contributed by atoms with van der Waals surface area (Å²) in [5.41, 5.74) is 1.23. The van der Waals surface area contributed by atoms with Crippen molar-refractivity contribution >= 4 is 7.14 Å². The van der Waals surface area contributed by atoms with E-state index in [1.54, 1.807) is 0 Å². The highest BCUT2D eigenvalue weighted by molar-refractivity contribution is 7.67. The lowest BCUT2D eigenvalue weighted by Gasteiger charge is -2.31. The summed E-state index contributed by atoms with van der Waals surface area (Å²) in [6.07, 6.45) is 4.96. The molecule has 2 saturated carbocycles. The molecule has 70 valence electrons. The maximum atomic E-state index is 12.8. The predicted octanol–water partition coefficient (Wildman–Crippen LogP) is 3.47.